The molecule has 2 atom stereocenters. The average molecular weight is 311 g/mol. The minimum absolute atomic E-state index is 0.0329. The number of amides is 1. The third-order valence-corrected chi connectivity index (χ3v) is 5.87. The molecule has 0 radical (unpaired) electrons. The van der Waals surface area contributed by atoms with Crippen LogP contribution in [0.1, 0.15) is 24.9 Å². The third-order valence-electron chi connectivity index (χ3n) is 4.10. The van der Waals surface area contributed by atoms with Gasteiger partial charge in [0.15, 0.2) is 9.84 Å². The van der Waals surface area contributed by atoms with Gasteiger partial charge in [0.05, 0.1) is 30.6 Å². The van der Waals surface area contributed by atoms with Crippen LogP contribution in [0.4, 0.5) is 0 Å². The molecule has 6 heteroatoms. The standard InChI is InChI=1S/C15H21NO4S/c1-11(13-6-4-5-7-14(13)20-3)16(2)15(17)12-8-9-21(18,19)10-12/h4-7,11-12H,8-10H2,1-3H3. The maximum atomic E-state index is 12.5. The third kappa shape index (κ3) is 3.37. The van der Waals surface area contributed by atoms with Gasteiger partial charge >= 0.3 is 0 Å². The van der Waals surface area contributed by atoms with Crippen LogP contribution in [0.5, 0.6) is 5.75 Å². The summed E-state index contributed by atoms with van der Waals surface area (Å²) in [6.45, 7) is 1.92. The first-order chi connectivity index (χ1) is 9.85. The van der Waals surface area contributed by atoms with E-state index in [1.165, 1.54) is 0 Å². The van der Waals surface area contributed by atoms with Crippen LogP contribution in [0.15, 0.2) is 24.3 Å². The molecule has 21 heavy (non-hydrogen) atoms. The van der Waals surface area contributed by atoms with Crippen LogP contribution in [0.3, 0.4) is 0 Å². The van der Waals surface area contributed by atoms with Crippen molar-refractivity contribution in [3.8, 4) is 5.75 Å². The predicted octanol–water partition coefficient (Wildman–Crippen LogP) is 1.65. The van der Waals surface area contributed by atoms with Gasteiger partial charge in [-0.05, 0) is 19.4 Å². The molecule has 2 unspecified atom stereocenters. The second-order valence-electron chi connectivity index (χ2n) is 5.47. The summed E-state index contributed by atoms with van der Waals surface area (Å²) in [5, 5.41) is 0. The normalized spacial score (nSPS) is 21.8. The van der Waals surface area contributed by atoms with Crippen LogP contribution in [-0.2, 0) is 14.6 Å². The monoisotopic (exact) mass is 311 g/mol. The molecular weight excluding hydrogens is 290 g/mol. The number of hydrogen-bond donors (Lipinski definition) is 0. The highest BCUT2D eigenvalue weighted by Gasteiger charge is 2.36. The van der Waals surface area contributed by atoms with Crippen LogP contribution in [-0.4, -0.2) is 44.9 Å². The fourth-order valence-corrected chi connectivity index (χ4v) is 4.42. The first kappa shape index (κ1) is 15.8. The second-order valence-corrected chi connectivity index (χ2v) is 7.70. The molecule has 1 aliphatic rings. The lowest BCUT2D eigenvalue weighted by atomic mass is 10.0. The van der Waals surface area contributed by atoms with Crippen LogP contribution in [0.2, 0.25) is 0 Å². The summed E-state index contributed by atoms with van der Waals surface area (Å²) < 4.78 is 28.4. The molecule has 1 saturated heterocycles. The molecular formula is C15H21NO4S. The number of hydrogen-bond acceptors (Lipinski definition) is 4. The largest absolute Gasteiger partial charge is 0.496 e. The molecule has 0 N–H and O–H groups in total. The molecule has 0 spiro atoms. The zero-order valence-corrected chi connectivity index (χ0v) is 13.4. The number of carbonyl (C=O) groups excluding carboxylic acids is 1. The van der Waals surface area contributed by atoms with E-state index in [2.05, 4.69) is 0 Å². The van der Waals surface area contributed by atoms with Gasteiger partial charge in [-0.25, -0.2) is 8.42 Å². The Morgan fingerprint density at radius 1 is 1.38 bits per heavy atom. The molecule has 1 amide bonds. The summed E-state index contributed by atoms with van der Waals surface area (Å²) in [6.07, 6.45) is 0.421. The number of nitrogens with zero attached hydrogens (tertiary/aromatic N) is 1. The van der Waals surface area contributed by atoms with Gasteiger partial charge in [0, 0.05) is 12.6 Å². The van der Waals surface area contributed by atoms with Gasteiger partial charge < -0.3 is 9.64 Å². The van der Waals surface area contributed by atoms with Crippen molar-refractivity contribution >= 4 is 15.7 Å². The number of carbonyl (C=O) groups is 1. The fraction of sp³-hybridized carbons (Fsp3) is 0.533. The van der Waals surface area contributed by atoms with Crippen molar-refractivity contribution in [3.05, 3.63) is 29.8 Å². The van der Waals surface area contributed by atoms with Crippen LogP contribution < -0.4 is 4.74 Å². The molecule has 116 valence electrons. The van der Waals surface area contributed by atoms with E-state index >= 15 is 0 Å². The van der Waals surface area contributed by atoms with Crippen molar-refractivity contribution in [1.29, 1.82) is 0 Å². The van der Waals surface area contributed by atoms with Gasteiger partial charge in [0.25, 0.3) is 0 Å². The SMILES string of the molecule is COc1ccccc1C(C)N(C)C(=O)C1CCS(=O)(=O)C1. The van der Waals surface area contributed by atoms with Gasteiger partial charge in [-0.15, -0.1) is 0 Å². The zero-order chi connectivity index (χ0) is 15.6. The zero-order valence-electron chi connectivity index (χ0n) is 12.6. The number of ether oxygens (including phenoxy) is 1. The molecule has 1 heterocycles. The van der Waals surface area contributed by atoms with Crippen molar-refractivity contribution in [2.75, 3.05) is 25.7 Å². The van der Waals surface area contributed by atoms with Crippen molar-refractivity contribution < 1.29 is 17.9 Å². The lowest BCUT2D eigenvalue weighted by Gasteiger charge is -2.28. The Hall–Kier alpha value is -1.56. The minimum atomic E-state index is -3.05. The molecule has 0 bridgehead atoms. The predicted molar refractivity (Wildman–Crippen MR) is 80.9 cm³/mol. The maximum Gasteiger partial charge on any atom is 0.226 e. The van der Waals surface area contributed by atoms with Gasteiger partial charge in [-0.1, -0.05) is 18.2 Å². The number of para-hydroxylation sites is 1. The smallest absolute Gasteiger partial charge is 0.226 e. The Kier molecular flexibility index (Phi) is 4.56. The van der Waals surface area contributed by atoms with E-state index in [9.17, 15) is 13.2 Å². The highest BCUT2D eigenvalue weighted by Crippen LogP contribution is 2.30. The molecule has 1 fully saturated rings. The molecule has 1 aromatic rings. The topological polar surface area (TPSA) is 63.7 Å². The quantitative estimate of drug-likeness (QED) is 0.848. The number of rotatable bonds is 4. The summed E-state index contributed by atoms with van der Waals surface area (Å²) in [5.74, 6) is 0.269. The van der Waals surface area contributed by atoms with E-state index in [-0.39, 0.29) is 23.5 Å². The van der Waals surface area contributed by atoms with Crippen LogP contribution in [0, 0.1) is 5.92 Å². The molecule has 1 aliphatic heterocycles. The number of benzene rings is 1. The molecule has 1 aromatic carbocycles. The lowest BCUT2D eigenvalue weighted by Crippen LogP contribution is -2.35. The van der Waals surface area contributed by atoms with Crippen molar-refractivity contribution in [3.63, 3.8) is 0 Å². The van der Waals surface area contributed by atoms with E-state index in [4.69, 9.17) is 4.74 Å². The maximum absolute atomic E-state index is 12.5. The lowest BCUT2D eigenvalue weighted by molar-refractivity contribution is -0.135. The van der Waals surface area contributed by atoms with Crippen molar-refractivity contribution in [2.24, 2.45) is 5.92 Å². The Balaban J connectivity index is 2.15. The van der Waals surface area contributed by atoms with E-state index in [0.717, 1.165) is 11.3 Å². The Bertz CT molecular complexity index is 626. The first-order valence-electron chi connectivity index (χ1n) is 6.95. The van der Waals surface area contributed by atoms with Crippen molar-refractivity contribution in [1.82, 2.24) is 4.90 Å². The van der Waals surface area contributed by atoms with Crippen LogP contribution >= 0.6 is 0 Å². The van der Waals surface area contributed by atoms with E-state index in [1.54, 1.807) is 19.1 Å². The highest BCUT2D eigenvalue weighted by molar-refractivity contribution is 7.91. The molecule has 0 aliphatic carbocycles. The summed E-state index contributed by atoms with van der Waals surface area (Å²) >= 11 is 0. The molecule has 5 nitrogen and oxygen atoms in total. The number of sulfone groups is 1. The summed E-state index contributed by atoms with van der Waals surface area (Å²) in [5.41, 5.74) is 0.914. The molecule has 0 saturated carbocycles. The highest BCUT2D eigenvalue weighted by atomic mass is 32.2. The van der Waals surface area contributed by atoms with E-state index in [0.29, 0.717) is 6.42 Å². The minimum Gasteiger partial charge on any atom is -0.496 e. The average Bonchev–Trinajstić information content (AvgIpc) is 2.85. The second kappa shape index (κ2) is 6.05. The van der Waals surface area contributed by atoms with Gasteiger partial charge in [-0.3, -0.25) is 4.79 Å². The summed E-state index contributed by atoms with van der Waals surface area (Å²) in [7, 11) is 0.257. The van der Waals surface area contributed by atoms with Gasteiger partial charge in [-0.2, -0.15) is 0 Å². The van der Waals surface area contributed by atoms with Crippen molar-refractivity contribution in [2.45, 2.75) is 19.4 Å². The molecule has 0 aromatic heterocycles. The Morgan fingerprint density at radius 2 is 2.05 bits per heavy atom. The van der Waals surface area contributed by atoms with Crippen LogP contribution in [0.25, 0.3) is 0 Å². The van der Waals surface area contributed by atoms with E-state index < -0.39 is 15.8 Å². The molecule has 2 rings (SSSR count). The van der Waals surface area contributed by atoms with Gasteiger partial charge in [0.2, 0.25) is 5.91 Å². The summed E-state index contributed by atoms with van der Waals surface area (Å²) in [4.78, 5) is 14.1. The van der Waals surface area contributed by atoms with Gasteiger partial charge in [0.1, 0.15) is 5.75 Å². The van der Waals surface area contributed by atoms with E-state index in [1.807, 2.05) is 31.2 Å². The summed E-state index contributed by atoms with van der Waals surface area (Å²) in [6, 6.07) is 7.37. The Labute approximate surface area is 125 Å². The fourth-order valence-electron chi connectivity index (χ4n) is 2.69. The number of methoxy groups -OCH3 is 1. The Morgan fingerprint density at radius 3 is 2.62 bits per heavy atom. The first-order valence-corrected chi connectivity index (χ1v) is 8.78.